The maximum atomic E-state index is 13.8. The number of piperazine rings is 1. The summed E-state index contributed by atoms with van der Waals surface area (Å²) < 4.78 is 19.2. The molecule has 2 aliphatic rings. The standard InChI is InChI=1S/C18H19FN6OS/c19-14-3-6-21-16-15(4-11-26-17(14)16)22-23-18(27)25-9-7-24(8-10-25)13-2-1-5-20-12-13/h1-3,5-6,12H,4,7-11H2,(H,23,27)/b22-15-. The van der Waals surface area contributed by atoms with E-state index in [1.807, 2.05) is 12.3 Å². The van der Waals surface area contributed by atoms with E-state index in [9.17, 15) is 4.39 Å². The van der Waals surface area contributed by atoms with Crippen molar-refractivity contribution in [1.29, 1.82) is 0 Å². The van der Waals surface area contributed by atoms with Gasteiger partial charge < -0.3 is 14.5 Å². The van der Waals surface area contributed by atoms with Gasteiger partial charge >= 0.3 is 0 Å². The molecule has 0 aliphatic carbocycles. The number of aromatic nitrogens is 2. The molecule has 0 radical (unpaired) electrons. The first-order chi connectivity index (χ1) is 13.2. The van der Waals surface area contributed by atoms with Gasteiger partial charge in [-0.05, 0) is 30.4 Å². The first-order valence-corrected chi connectivity index (χ1v) is 9.17. The van der Waals surface area contributed by atoms with E-state index in [-0.39, 0.29) is 5.75 Å². The largest absolute Gasteiger partial charge is 0.488 e. The number of pyridine rings is 2. The molecule has 4 heterocycles. The number of ether oxygens (including phenoxy) is 1. The topological polar surface area (TPSA) is 65.9 Å². The summed E-state index contributed by atoms with van der Waals surface area (Å²) in [6.45, 7) is 3.66. The molecule has 1 N–H and O–H groups in total. The van der Waals surface area contributed by atoms with E-state index in [0.29, 0.717) is 29.5 Å². The molecule has 140 valence electrons. The highest BCUT2D eigenvalue weighted by molar-refractivity contribution is 7.80. The Morgan fingerprint density at radius 1 is 1.22 bits per heavy atom. The number of hydrogen-bond donors (Lipinski definition) is 1. The van der Waals surface area contributed by atoms with Crippen molar-refractivity contribution < 1.29 is 9.13 Å². The van der Waals surface area contributed by atoms with Crippen molar-refractivity contribution in [2.24, 2.45) is 5.10 Å². The Morgan fingerprint density at radius 2 is 2.07 bits per heavy atom. The number of nitrogens with zero attached hydrogens (tertiary/aromatic N) is 5. The minimum atomic E-state index is -0.429. The van der Waals surface area contributed by atoms with Crippen LogP contribution in [0.1, 0.15) is 12.1 Å². The maximum absolute atomic E-state index is 13.8. The Morgan fingerprint density at radius 3 is 2.85 bits per heavy atom. The average Bonchev–Trinajstić information content (AvgIpc) is 2.73. The third-order valence-electron chi connectivity index (χ3n) is 4.58. The van der Waals surface area contributed by atoms with Crippen LogP contribution in [0.2, 0.25) is 0 Å². The number of hydrazone groups is 1. The lowest BCUT2D eigenvalue weighted by molar-refractivity contribution is 0.300. The van der Waals surface area contributed by atoms with Gasteiger partial charge in [-0.25, -0.2) is 4.39 Å². The van der Waals surface area contributed by atoms with Gasteiger partial charge in [0.05, 0.1) is 24.2 Å². The lowest BCUT2D eigenvalue weighted by Crippen LogP contribution is -2.51. The predicted octanol–water partition coefficient (Wildman–Crippen LogP) is 1.80. The second-order valence-electron chi connectivity index (χ2n) is 6.23. The summed E-state index contributed by atoms with van der Waals surface area (Å²) in [4.78, 5) is 12.7. The van der Waals surface area contributed by atoms with Crippen molar-refractivity contribution >= 4 is 28.7 Å². The Hall–Kier alpha value is -2.81. The van der Waals surface area contributed by atoms with Gasteiger partial charge in [0, 0.05) is 45.0 Å². The van der Waals surface area contributed by atoms with Crippen LogP contribution in [0.25, 0.3) is 0 Å². The SMILES string of the molecule is Fc1ccnc2c1OCC/C2=N/NC(=S)N1CCN(c2cccnc2)CC1. The minimum Gasteiger partial charge on any atom is -0.488 e. The zero-order valence-corrected chi connectivity index (χ0v) is 15.5. The Labute approximate surface area is 161 Å². The van der Waals surface area contributed by atoms with Crippen LogP contribution in [0.15, 0.2) is 41.9 Å². The second kappa shape index (κ2) is 7.83. The molecule has 9 heteroatoms. The van der Waals surface area contributed by atoms with Gasteiger partial charge in [0.25, 0.3) is 0 Å². The van der Waals surface area contributed by atoms with E-state index in [1.54, 1.807) is 6.20 Å². The molecule has 0 atom stereocenters. The van der Waals surface area contributed by atoms with E-state index in [0.717, 1.165) is 31.9 Å². The summed E-state index contributed by atoms with van der Waals surface area (Å²) in [5.41, 5.74) is 5.12. The molecule has 2 aromatic rings. The number of fused-ring (bicyclic) bond motifs is 1. The normalized spacial score (nSPS) is 18.0. The zero-order chi connectivity index (χ0) is 18.6. The third-order valence-corrected chi connectivity index (χ3v) is 4.93. The van der Waals surface area contributed by atoms with Crippen molar-refractivity contribution in [3.8, 4) is 5.75 Å². The van der Waals surface area contributed by atoms with Crippen molar-refractivity contribution in [1.82, 2.24) is 20.3 Å². The van der Waals surface area contributed by atoms with Crippen LogP contribution in [0.3, 0.4) is 0 Å². The van der Waals surface area contributed by atoms with Crippen LogP contribution in [0.4, 0.5) is 10.1 Å². The van der Waals surface area contributed by atoms with E-state index >= 15 is 0 Å². The summed E-state index contributed by atoms with van der Waals surface area (Å²) >= 11 is 5.47. The van der Waals surface area contributed by atoms with Crippen molar-refractivity contribution in [3.63, 3.8) is 0 Å². The summed E-state index contributed by atoms with van der Waals surface area (Å²) in [6.07, 6.45) is 5.60. The minimum absolute atomic E-state index is 0.153. The highest BCUT2D eigenvalue weighted by Crippen LogP contribution is 2.25. The smallest absolute Gasteiger partial charge is 0.189 e. The second-order valence-corrected chi connectivity index (χ2v) is 6.62. The number of thiocarbonyl (C=S) groups is 1. The van der Waals surface area contributed by atoms with Gasteiger partial charge in [-0.2, -0.15) is 5.10 Å². The van der Waals surface area contributed by atoms with Crippen molar-refractivity contribution in [2.75, 3.05) is 37.7 Å². The molecule has 0 amide bonds. The Balaban J connectivity index is 1.37. The fourth-order valence-corrected chi connectivity index (χ4v) is 3.37. The molecule has 2 aromatic heterocycles. The lowest BCUT2D eigenvalue weighted by atomic mass is 10.1. The molecule has 2 aliphatic heterocycles. The third kappa shape index (κ3) is 3.82. The van der Waals surface area contributed by atoms with E-state index in [1.165, 1.54) is 12.3 Å². The van der Waals surface area contributed by atoms with Crippen LogP contribution < -0.4 is 15.1 Å². The number of anilines is 1. The number of hydrogen-bond acceptors (Lipinski definition) is 6. The lowest BCUT2D eigenvalue weighted by Gasteiger charge is -2.36. The van der Waals surface area contributed by atoms with Crippen LogP contribution in [0.5, 0.6) is 5.75 Å². The molecule has 1 saturated heterocycles. The highest BCUT2D eigenvalue weighted by Gasteiger charge is 2.23. The average molecular weight is 386 g/mol. The van der Waals surface area contributed by atoms with Crippen LogP contribution >= 0.6 is 12.2 Å². The van der Waals surface area contributed by atoms with E-state index in [4.69, 9.17) is 17.0 Å². The summed E-state index contributed by atoms with van der Waals surface area (Å²) in [7, 11) is 0. The van der Waals surface area contributed by atoms with Gasteiger partial charge in [-0.15, -0.1) is 0 Å². The van der Waals surface area contributed by atoms with Crippen molar-refractivity contribution in [2.45, 2.75) is 6.42 Å². The summed E-state index contributed by atoms with van der Waals surface area (Å²) in [5.74, 6) is -0.276. The predicted molar refractivity (Wildman–Crippen MR) is 105 cm³/mol. The molecule has 27 heavy (non-hydrogen) atoms. The van der Waals surface area contributed by atoms with E-state index in [2.05, 4.69) is 36.4 Å². The first-order valence-electron chi connectivity index (χ1n) is 8.76. The van der Waals surface area contributed by atoms with Gasteiger partial charge in [0.2, 0.25) is 0 Å². The maximum Gasteiger partial charge on any atom is 0.189 e. The molecule has 0 unspecified atom stereocenters. The molecular formula is C18H19FN6OS. The molecule has 0 saturated carbocycles. The van der Waals surface area contributed by atoms with Gasteiger partial charge in [-0.1, -0.05) is 0 Å². The molecular weight excluding hydrogens is 367 g/mol. The monoisotopic (exact) mass is 386 g/mol. The molecule has 1 fully saturated rings. The van der Waals surface area contributed by atoms with Crippen LogP contribution in [0, 0.1) is 5.82 Å². The molecule has 0 spiro atoms. The summed E-state index contributed by atoms with van der Waals surface area (Å²) in [6, 6.07) is 5.27. The Bertz CT molecular complexity index is 854. The fraction of sp³-hybridized carbons (Fsp3) is 0.333. The van der Waals surface area contributed by atoms with Crippen LogP contribution in [-0.4, -0.2) is 58.5 Å². The highest BCUT2D eigenvalue weighted by atomic mass is 32.1. The molecule has 0 aromatic carbocycles. The summed E-state index contributed by atoms with van der Waals surface area (Å²) in [5, 5.41) is 4.92. The molecule has 0 bridgehead atoms. The quantitative estimate of drug-likeness (QED) is 0.624. The number of rotatable bonds is 2. The van der Waals surface area contributed by atoms with Gasteiger partial charge in [-0.3, -0.25) is 15.4 Å². The van der Waals surface area contributed by atoms with E-state index < -0.39 is 5.82 Å². The fourth-order valence-electron chi connectivity index (χ4n) is 3.14. The zero-order valence-electron chi connectivity index (χ0n) is 14.6. The van der Waals surface area contributed by atoms with Gasteiger partial charge in [0.15, 0.2) is 16.7 Å². The van der Waals surface area contributed by atoms with Crippen molar-refractivity contribution in [3.05, 3.63) is 48.3 Å². The molecule has 4 rings (SSSR count). The molecule has 7 nitrogen and oxygen atoms in total. The number of nitrogens with one attached hydrogen (secondary N) is 1. The van der Waals surface area contributed by atoms with Crippen LogP contribution in [-0.2, 0) is 0 Å². The number of halogens is 1. The van der Waals surface area contributed by atoms with Gasteiger partial charge in [0.1, 0.15) is 5.69 Å². The first kappa shape index (κ1) is 17.6. The Kier molecular flexibility index (Phi) is 5.10.